The van der Waals surface area contributed by atoms with Crippen molar-refractivity contribution >= 4 is 5.82 Å². The number of aliphatic hydroxyl groups is 1. The maximum atomic E-state index is 9.45. The molecule has 1 N–H and O–H groups in total. The summed E-state index contributed by atoms with van der Waals surface area (Å²) in [4.78, 5) is 6.79. The molecule has 0 spiro atoms. The van der Waals surface area contributed by atoms with Gasteiger partial charge in [-0.1, -0.05) is 19.9 Å². The lowest BCUT2D eigenvalue weighted by Gasteiger charge is -2.36. The molecule has 3 unspecified atom stereocenters. The Bertz CT molecular complexity index is 361. The van der Waals surface area contributed by atoms with E-state index in [1.165, 1.54) is 6.42 Å². The molecule has 1 fully saturated rings. The van der Waals surface area contributed by atoms with E-state index in [1.54, 1.807) is 13.1 Å². The van der Waals surface area contributed by atoms with Crippen LogP contribution in [0.5, 0.6) is 0 Å². The summed E-state index contributed by atoms with van der Waals surface area (Å²) in [6.07, 6.45) is 2.58. The van der Waals surface area contributed by atoms with Gasteiger partial charge in [0.25, 0.3) is 0 Å². The van der Waals surface area contributed by atoms with E-state index >= 15 is 0 Å². The number of pyridine rings is 1. The van der Waals surface area contributed by atoms with Gasteiger partial charge in [0.2, 0.25) is 0 Å². The Labute approximate surface area is 103 Å². The highest BCUT2D eigenvalue weighted by atomic mass is 16.3. The molecule has 3 heteroatoms. The molecule has 0 aliphatic carbocycles. The minimum absolute atomic E-state index is 0.433. The fourth-order valence-corrected chi connectivity index (χ4v) is 2.30. The normalized spacial score (nSPS) is 26.9. The van der Waals surface area contributed by atoms with Crippen LogP contribution in [0.2, 0.25) is 0 Å². The first-order valence-electron chi connectivity index (χ1n) is 6.47. The van der Waals surface area contributed by atoms with Crippen molar-refractivity contribution in [2.75, 3.05) is 18.0 Å². The standard InChI is InChI=1S/C14H22N2O/c1-10-6-7-16(9-11(10)2)14-5-4-13(8-15-14)12(3)17/h4-5,8,10-12,17H,6-7,9H2,1-3H3. The Kier molecular flexibility index (Phi) is 3.67. The number of anilines is 1. The summed E-state index contributed by atoms with van der Waals surface area (Å²) in [5.41, 5.74) is 0.882. The topological polar surface area (TPSA) is 36.4 Å². The molecule has 1 aliphatic rings. The quantitative estimate of drug-likeness (QED) is 0.854. The van der Waals surface area contributed by atoms with Crippen molar-refractivity contribution in [3.05, 3.63) is 23.9 Å². The second-order valence-corrected chi connectivity index (χ2v) is 5.31. The number of hydrogen-bond donors (Lipinski definition) is 1. The van der Waals surface area contributed by atoms with Gasteiger partial charge in [-0.3, -0.25) is 0 Å². The summed E-state index contributed by atoms with van der Waals surface area (Å²) < 4.78 is 0. The van der Waals surface area contributed by atoms with Crippen molar-refractivity contribution in [1.29, 1.82) is 0 Å². The summed E-state index contributed by atoms with van der Waals surface area (Å²) in [5.74, 6) is 2.57. The summed E-state index contributed by atoms with van der Waals surface area (Å²) in [5, 5.41) is 9.45. The molecule has 1 aromatic rings. The summed E-state index contributed by atoms with van der Waals surface area (Å²) in [6.45, 7) is 8.57. The number of aliphatic hydroxyl groups excluding tert-OH is 1. The minimum Gasteiger partial charge on any atom is -0.389 e. The fraction of sp³-hybridized carbons (Fsp3) is 0.643. The van der Waals surface area contributed by atoms with E-state index in [4.69, 9.17) is 0 Å². The Morgan fingerprint density at radius 2 is 2.12 bits per heavy atom. The van der Waals surface area contributed by atoms with Gasteiger partial charge in [-0.05, 0) is 36.8 Å². The molecule has 1 aliphatic heterocycles. The van der Waals surface area contributed by atoms with Gasteiger partial charge < -0.3 is 10.0 Å². The molecule has 3 atom stereocenters. The second kappa shape index (κ2) is 5.05. The van der Waals surface area contributed by atoms with E-state index in [0.29, 0.717) is 0 Å². The van der Waals surface area contributed by atoms with Gasteiger partial charge in [-0.15, -0.1) is 0 Å². The van der Waals surface area contributed by atoms with Crippen LogP contribution in [0, 0.1) is 11.8 Å². The van der Waals surface area contributed by atoms with E-state index in [9.17, 15) is 5.11 Å². The maximum absolute atomic E-state index is 9.45. The lowest BCUT2D eigenvalue weighted by molar-refractivity contribution is 0.199. The maximum Gasteiger partial charge on any atom is 0.128 e. The van der Waals surface area contributed by atoms with Crippen molar-refractivity contribution < 1.29 is 5.11 Å². The monoisotopic (exact) mass is 234 g/mol. The van der Waals surface area contributed by atoms with Gasteiger partial charge in [0.1, 0.15) is 5.82 Å². The Morgan fingerprint density at radius 3 is 2.65 bits per heavy atom. The third-order valence-electron chi connectivity index (χ3n) is 3.91. The van der Waals surface area contributed by atoms with Crippen LogP contribution in [-0.2, 0) is 0 Å². The lowest BCUT2D eigenvalue weighted by atomic mass is 9.89. The van der Waals surface area contributed by atoms with E-state index in [-0.39, 0.29) is 0 Å². The summed E-state index contributed by atoms with van der Waals surface area (Å²) in [6, 6.07) is 3.99. The average Bonchev–Trinajstić information content (AvgIpc) is 2.33. The van der Waals surface area contributed by atoms with Crippen LogP contribution in [0.3, 0.4) is 0 Å². The lowest BCUT2D eigenvalue weighted by Crippen LogP contribution is -2.38. The first-order valence-corrected chi connectivity index (χ1v) is 6.47. The Morgan fingerprint density at radius 1 is 1.35 bits per heavy atom. The molecule has 0 aromatic carbocycles. The third-order valence-corrected chi connectivity index (χ3v) is 3.91. The second-order valence-electron chi connectivity index (χ2n) is 5.31. The Hall–Kier alpha value is -1.09. The van der Waals surface area contributed by atoms with E-state index in [1.807, 2.05) is 12.1 Å². The molecule has 3 nitrogen and oxygen atoms in total. The molecule has 2 heterocycles. The molecule has 2 rings (SSSR count). The van der Waals surface area contributed by atoms with Gasteiger partial charge in [0, 0.05) is 19.3 Å². The number of hydrogen-bond acceptors (Lipinski definition) is 3. The zero-order valence-corrected chi connectivity index (χ0v) is 10.9. The van der Waals surface area contributed by atoms with Crippen LogP contribution in [-0.4, -0.2) is 23.2 Å². The third kappa shape index (κ3) is 2.78. The van der Waals surface area contributed by atoms with Gasteiger partial charge >= 0.3 is 0 Å². The van der Waals surface area contributed by atoms with Crippen molar-refractivity contribution in [1.82, 2.24) is 4.98 Å². The van der Waals surface area contributed by atoms with Gasteiger partial charge in [0.05, 0.1) is 6.10 Å². The van der Waals surface area contributed by atoms with Crippen LogP contribution >= 0.6 is 0 Å². The highest BCUT2D eigenvalue weighted by Gasteiger charge is 2.23. The molecule has 0 amide bonds. The molecule has 0 radical (unpaired) electrons. The van der Waals surface area contributed by atoms with Gasteiger partial charge in [-0.25, -0.2) is 4.98 Å². The smallest absolute Gasteiger partial charge is 0.128 e. The minimum atomic E-state index is -0.433. The highest BCUT2D eigenvalue weighted by molar-refractivity contribution is 5.40. The highest BCUT2D eigenvalue weighted by Crippen LogP contribution is 2.26. The first-order chi connectivity index (χ1) is 8.08. The van der Waals surface area contributed by atoms with E-state index in [0.717, 1.165) is 36.3 Å². The summed E-state index contributed by atoms with van der Waals surface area (Å²) in [7, 11) is 0. The van der Waals surface area contributed by atoms with Crippen LogP contribution in [0.25, 0.3) is 0 Å². The number of aromatic nitrogens is 1. The van der Waals surface area contributed by atoms with Crippen molar-refractivity contribution in [3.63, 3.8) is 0 Å². The first kappa shape index (κ1) is 12.4. The molecule has 1 saturated heterocycles. The number of rotatable bonds is 2. The predicted octanol–water partition coefficient (Wildman–Crippen LogP) is 2.62. The molecule has 0 bridgehead atoms. The molecule has 0 saturated carbocycles. The number of nitrogens with zero attached hydrogens (tertiary/aromatic N) is 2. The zero-order valence-electron chi connectivity index (χ0n) is 10.9. The molecule has 1 aromatic heterocycles. The van der Waals surface area contributed by atoms with E-state index in [2.05, 4.69) is 23.7 Å². The predicted molar refractivity (Wildman–Crippen MR) is 70.0 cm³/mol. The largest absolute Gasteiger partial charge is 0.389 e. The molecular formula is C14H22N2O. The van der Waals surface area contributed by atoms with Gasteiger partial charge in [-0.2, -0.15) is 0 Å². The Balaban J connectivity index is 2.07. The molecular weight excluding hydrogens is 212 g/mol. The average molecular weight is 234 g/mol. The van der Waals surface area contributed by atoms with Gasteiger partial charge in [0.15, 0.2) is 0 Å². The van der Waals surface area contributed by atoms with Crippen molar-refractivity contribution in [2.24, 2.45) is 11.8 Å². The van der Waals surface area contributed by atoms with Crippen molar-refractivity contribution in [3.8, 4) is 0 Å². The SMILES string of the molecule is CC(O)c1ccc(N2CCC(C)C(C)C2)nc1. The van der Waals surface area contributed by atoms with Crippen LogP contribution in [0.15, 0.2) is 18.3 Å². The zero-order chi connectivity index (χ0) is 12.4. The number of piperidine rings is 1. The van der Waals surface area contributed by atoms with Crippen molar-refractivity contribution in [2.45, 2.75) is 33.3 Å². The molecule has 17 heavy (non-hydrogen) atoms. The van der Waals surface area contributed by atoms with E-state index < -0.39 is 6.10 Å². The van der Waals surface area contributed by atoms with Crippen LogP contribution < -0.4 is 4.90 Å². The van der Waals surface area contributed by atoms with Crippen LogP contribution in [0.1, 0.15) is 38.9 Å². The molecule has 94 valence electrons. The fourth-order valence-electron chi connectivity index (χ4n) is 2.30. The summed E-state index contributed by atoms with van der Waals surface area (Å²) >= 11 is 0. The van der Waals surface area contributed by atoms with Crippen LogP contribution in [0.4, 0.5) is 5.82 Å².